The molecule has 2 fully saturated rings. The second-order valence-corrected chi connectivity index (χ2v) is 15.0. The van der Waals surface area contributed by atoms with Crippen molar-refractivity contribution in [3.63, 3.8) is 0 Å². The van der Waals surface area contributed by atoms with E-state index in [1.165, 1.54) is 31.4 Å². The fourth-order valence-electron chi connectivity index (χ4n) is 6.17. The lowest BCUT2D eigenvalue weighted by atomic mass is 9.79. The zero-order valence-corrected chi connectivity index (χ0v) is 28.2. The van der Waals surface area contributed by atoms with Crippen LogP contribution in [0.1, 0.15) is 45.6 Å². The van der Waals surface area contributed by atoms with Gasteiger partial charge in [-0.3, -0.25) is 0 Å². The van der Waals surface area contributed by atoms with Gasteiger partial charge in [-0.25, -0.2) is 18.0 Å². The van der Waals surface area contributed by atoms with Crippen LogP contribution < -0.4 is 21.1 Å². The molecule has 1 unspecified atom stereocenters. The number of sulfone groups is 1. The van der Waals surface area contributed by atoms with Gasteiger partial charge in [0.1, 0.15) is 18.0 Å². The Labute approximate surface area is 276 Å². The van der Waals surface area contributed by atoms with Crippen molar-refractivity contribution < 1.29 is 46.8 Å². The molecule has 0 saturated carbocycles. The van der Waals surface area contributed by atoms with Crippen LogP contribution in [0.5, 0.6) is 5.75 Å². The first-order valence-corrected chi connectivity index (χ1v) is 17.3. The highest BCUT2D eigenvalue weighted by Gasteiger charge is 2.53. The van der Waals surface area contributed by atoms with Gasteiger partial charge in [0.15, 0.2) is 21.0 Å². The minimum Gasteiger partial charge on any atom is -0.497 e. The summed E-state index contributed by atoms with van der Waals surface area (Å²) in [7, 11) is -3.02. The third-order valence-electron chi connectivity index (χ3n) is 8.70. The standard InChI is InChI=1S/C33H47N3O10S/c1-5-43-30(38)35-17-16-32(2,3)21-33(34,47(40,41)24-13-11-23(42-4)12-14-24)28(37)26(19-22-9-7-6-8-10-22)36-31(39)46-27-20-45-29-25(27)15-18-44-29/h6-14,25-29,37H,5,15-21,34H2,1-4H3,(H,35,38)(H,36,39)/t25-,26+,27-,28-,29+,33?/m1/s1. The third kappa shape index (κ3) is 8.93. The minimum absolute atomic E-state index is 0.0510. The number of fused-ring (bicyclic) bond motifs is 1. The zero-order valence-electron chi connectivity index (χ0n) is 27.3. The summed E-state index contributed by atoms with van der Waals surface area (Å²) in [6, 6.07) is 13.6. The van der Waals surface area contributed by atoms with Crippen LogP contribution in [0.15, 0.2) is 59.5 Å². The molecule has 2 aromatic rings. The van der Waals surface area contributed by atoms with Gasteiger partial charge in [-0.1, -0.05) is 44.2 Å². The summed E-state index contributed by atoms with van der Waals surface area (Å²) in [6.07, 6.45) is -3.46. The van der Waals surface area contributed by atoms with Crippen molar-refractivity contribution in [3.8, 4) is 5.75 Å². The molecule has 0 radical (unpaired) electrons. The van der Waals surface area contributed by atoms with Crippen molar-refractivity contribution in [1.29, 1.82) is 0 Å². The summed E-state index contributed by atoms with van der Waals surface area (Å²) in [5, 5.41) is 17.5. The molecule has 0 aliphatic carbocycles. The van der Waals surface area contributed by atoms with Crippen LogP contribution in [0.25, 0.3) is 0 Å². The zero-order chi connectivity index (χ0) is 34.2. The van der Waals surface area contributed by atoms with Gasteiger partial charge in [0.05, 0.1) is 43.8 Å². The lowest BCUT2D eigenvalue weighted by Gasteiger charge is -2.42. The van der Waals surface area contributed by atoms with Crippen LogP contribution in [0.3, 0.4) is 0 Å². The summed E-state index contributed by atoms with van der Waals surface area (Å²) in [4.78, 5) is 22.8. The van der Waals surface area contributed by atoms with E-state index in [4.69, 9.17) is 29.4 Å². The van der Waals surface area contributed by atoms with Crippen LogP contribution in [0.4, 0.5) is 9.59 Å². The largest absolute Gasteiger partial charge is 0.497 e. The number of nitrogens with one attached hydrogen (secondary N) is 2. The smallest absolute Gasteiger partial charge is 0.407 e. The molecular formula is C33H47N3O10S. The molecule has 2 aliphatic rings. The van der Waals surface area contributed by atoms with Crippen LogP contribution in [-0.2, 0) is 35.2 Å². The molecule has 47 heavy (non-hydrogen) atoms. The molecule has 13 nitrogen and oxygen atoms in total. The average molecular weight is 678 g/mol. The molecule has 14 heteroatoms. The van der Waals surface area contributed by atoms with E-state index >= 15 is 0 Å². The molecule has 0 bridgehead atoms. The number of hydrogen-bond acceptors (Lipinski definition) is 11. The molecule has 260 valence electrons. The Morgan fingerprint density at radius 2 is 1.79 bits per heavy atom. The number of methoxy groups -OCH3 is 1. The normalized spacial score (nSPS) is 22.0. The van der Waals surface area contributed by atoms with Crippen LogP contribution in [-0.4, -0.2) is 88.6 Å². The summed E-state index contributed by atoms with van der Waals surface area (Å²) in [5.41, 5.74) is 6.84. The van der Waals surface area contributed by atoms with Gasteiger partial charge in [-0.15, -0.1) is 0 Å². The number of aliphatic hydroxyl groups excluding tert-OH is 1. The van der Waals surface area contributed by atoms with E-state index in [1.807, 2.05) is 6.07 Å². The Kier molecular flexibility index (Phi) is 12.1. The number of ether oxygens (including phenoxy) is 5. The predicted molar refractivity (Wildman–Crippen MR) is 172 cm³/mol. The van der Waals surface area contributed by atoms with Gasteiger partial charge >= 0.3 is 12.2 Å². The molecule has 0 aromatic heterocycles. The summed E-state index contributed by atoms with van der Waals surface area (Å²) in [6.45, 7) is 6.32. The molecule has 4 rings (SSSR count). The van der Waals surface area contributed by atoms with Gasteiger partial charge in [-0.2, -0.15) is 0 Å². The van der Waals surface area contributed by atoms with Crippen molar-refractivity contribution in [2.75, 3.05) is 33.5 Å². The number of amides is 2. The molecule has 2 aromatic carbocycles. The van der Waals surface area contributed by atoms with E-state index in [0.717, 1.165) is 5.56 Å². The Balaban J connectivity index is 1.66. The molecular weight excluding hydrogens is 630 g/mol. The van der Waals surface area contributed by atoms with Gasteiger partial charge in [0.25, 0.3) is 0 Å². The van der Waals surface area contributed by atoms with Gasteiger partial charge in [0.2, 0.25) is 0 Å². The first-order chi connectivity index (χ1) is 22.3. The maximum Gasteiger partial charge on any atom is 0.407 e. The number of aliphatic hydroxyl groups is 1. The lowest BCUT2D eigenvalue weighted by Crippen LogP contribution is -2.65. The van der Waals surface area contributed by atoms with Crippen LogP contribution in [0, 0.1) is 11.3 Å². The van der Waals surface area contributed by atoms with Crippen molar-refractivity contribution in [3.05, 3.63) is 60.2 Å². The van der Waals surface area contributed by atoms with Gasteiger partial charge in [-0.05, 0) is 67.9 Å². The number of carbonyl (C=O) groups is 2. The highest BCUT2D eigenvalue weighted by molar-refractivity contribution is 7.92. The fourth-order valence-corrected chi connectivity index (χ4v) is 8.17. The summed E-state index contributed by atoms with van der Waals surface area (Å²) >= 11 is 0. The lowest BCUT2D eigenvalue weighted by molar-refractivity contribution is -0.0907. The van der Waals surface area contributed by atoms with Crippen molar-refractivity contribution in [2.45, 2.75) is 80.8 Å². The monoisotopic (exact) mass is 677 g/mol. The van der Waals surface area contributed by atoms with Crippen molar-refractivity contribution in [2.24, 2.45) is 17.1 Å². The number of benzene rings is 2. The molecule has 0 spiro atoms. The van der Waals surface area contributed by atoms with Crippen LogP contribution >= 0.6 is 0 Å². The molecule has 2 saturated heterocycles. The number of alkyl carbamates (subject to hydrolysis) is 2. The highest BCUT2D eigenvalue weighted by atomic mass is 32.2. The molecule has 6 atom stereocenters. The number of carbonyl (C=O) groups excluding carboxylic acids is 2. The third-order valence-corrected chi connectivity index (χ3v) is 11.0. The Bertz CT molecular complexity index is 1440. The second kappa shape index (κ2) is 15.6. The molecule has 2 amide bonds. The fraction of sp³-hybridized carbons (Fsp3) is 0.576. The maximum absolute atomic E-state index is 14.5. The average Bonchev–Trinajstić information content (AvgIpc) is 3.66. The van der Waals surface area contributed by atoms with Crippen molar-refractivity contribution >= 4 is 22.0 Å². The number of nitrogens with two attached hydrogens (primary N) is 1. The van der Waals surface area contributed by atoms with Gasteiger partial charge < -0.3 is 45.2 Å². The van der Waals surface area contributed by atoms with E-state index in [2.05, 4.69) is 10.6 Å². The van der Waals surface area contributed by atoms with E-state index in [0.29, 0.717) is 25.2 Å². The van der Waals surface area contributed by atoms with E-state index in [-0.39, 0.29) is 43.4 Å². The predicted octanol–water partition coefficient (Wildman–Crippen LogP) is 3.14. The maximum atomic E-state index is 14.5. The summed E-state index contributed by atoms with van der Waals surface area (Å²) < 4.78 is 56.0. The number of hydrogen-bond donors (Lipinski definition) is 4. The molecule has 2 heterocycles. The quantitative estimate of drug-likeness (QED) is 0.217. The molecule has 5 N–H and O–H groups in total. The number of rotatable bonds is 15. The second-order valence-electron chi connectivity index (χ2n) is 12.7. The Morgan fingerprint density at radius 3 is 2.45 bits per heavy atom. The first-order valence-electron chi connectivity index (χ1n) is 15.8. The van der Waals surface area contributed by atoms with E-state index < -0.39 is 56.8 Å². The van der Waals surface area contributed by atoms with E-state index in [9.17, 15) is 23.1 Å². The topological polar surface area (TPSA) is 185 Å². The van der Waals surface area contributed by atoms with E-state index in [1.54, 1.807) is 45.0 Å². The Hall–Kier alpha value is -3.43. The first kappa shape index (κ1) is 36.4. The minimum atomic E-state index is -4.48. The summed E-state index contributed by atoms with van der Waals surface area (Å²) in [5.74, 6) is 0.320. The molecule has 2 aliphatic heterocycles. The highest BCUT2D eigenvalue weighted by Crippen LogP contribution is 2.39. The van der Waals surface area contributed by atoms with Gasteiger partial charge in [0, 0.05) is 6.54 Å². The van der Waals surface area contributed by atoms with Crippen LogP contribution in [0.2, 0.25) is 0 Å². The van der Waals surface area contributed by atoms with Crippen molar-refractivity contribution in [1.82, 2.24) is 10.6 Å². The SMILES string of the molecule is CCOC(=O)NCCC(C)(C)CC(N)([C@H](O)[C@H](Cc1ccccc1)NC(=O)O[C@@H]1CO[C@@H]2OCC[C@@H]21)S(=O)(=O)c1ccc(OC)cc1. The Morgan fingerprint density at radius 1 is 1.09 bits per heavy atom.